The molecular formula is C17H23F3N4OS2. The lowest BCUT2D eigenvalue weighted by molar-refractivity contribution is -0.141. The third-order valence-corrected chi connectivity index (χ3v) is 7.80. The molecule has 2 saturated heterocycles. The van der Waals surface area contributed by atoms with Gasteiger partial charge in [0.15, 0.2) is 0 Å². The van der Waals surface area contributed by atoms with Gasteiger partial charge in [-0.3, -0.25) is 4.79 Å². The van der Waals surface area contributed by atoms with Gasteiger partial charge in [0.05, 0.1) is 0 Å². The molecule has 2 aliphatic rings. The molecule has 27 heavy (non-hydrogen) atoms. The smallest absolute Gasteiger partial charge is 0.353 e. The van der Waals surface area contributed by atoms with Crippen molar-refractivity contribution in [3.8, 4) is 0 Å². The molecule has 5 nitrogen and oxygen atoms in total. The van der Waals surface area contributed by atoms with Crippen LogP contribution in [0.4, 0.5) is 19.0 Å². The molecule has 0 N–H and O–H groups in total. The van der Waals surface area contributed by atoms with Crippen molar-refractivity contribution in [2.24, 2.45) is 0 Å². The maximum absolute atomic E-state index is 12.8. The molecule has 0 spiro atoms. The lowest BCUT2D eigenvalue weighted by Gasteiger charge is -2.35. The van der Waals surface area contributed by atoms with E-state index in [1.54, 1.807) is 4.90 Å². The van der Waals surface area contributed by atoms with Gasteiger partial charge in [0, 0.05) is 49.7 Å². The van der Waals surface area contributed by atoms with Crippen LogP contribution in [0.25, 0.3) is 0 Å². The summed E-state index contributed by atoms with van der Waals surface area (Å²) >= 11 is 0. The van der Waals surface area contributed by atoms with Crippen LogP contribution in [0.1, 0.15) is 37.8 Å². The van der Waals surface area contributed by atoms with E-state index in [1.165, 1.54) is 18.6 Å². The molecule has 2 fully saturated rings. The van der Waals surface area contributed by atoms with Crippen molar-refractivity contribution < 1.29 is 18.0 Å². The molecule has 2 aliphatic heterocycles. The Labute approximate surface area is 164 Å². The zero-order chi connectivity index (χ0) is 19.3. The van der Waals surface area contributed by atoms with E-state index in [4.69, 9.17) is 0 Å². The molecule has 0 aromatic carbocycles. The number of halogens is 3. The zero-order valence-corrected chi connectivity index (χ0v) is 16.6. The Kier molecular flexibility index (Phi) is 7.13. The first-order valence-electron chi connectivity index (χ1n) is 9.14. The second-order valence-electron chi connectivity index (χ2n) is 6.70. The van der Waals surface area contributed by atoms with E-state index in [2.05, 4.69) is 9.97 Å². The minimum atomic E-state index is -4.48. The van der Waals surface area contributed by atoms with Crippen molar-refractivity contribution in [2.45, 2.75) is 43.5 Å². The maximum atomic E-state index is 12.8. The number of hydrogen-bond acceptors (Lipinski definition) is 6. The van der Waals surface area contributed by atoms with E-state index in [1.807, 2.05) is 26.5 Å². The Morgan fingerprint density at radius 3 is 2.63 bits per heavy atom. The molecule has 1 atom stereocenters. The zero-order valence-electron chi connectivity index (χ0n) is 15.0. The first-order chi connectivity index (χ1) is 12.9. The molecule has 1 unspecified atom stereocenters. The molecule has 3 rings (SSSR count). The van der Waals surface area contributed by atoms with E-state index < -0.39 is 11.9 Å². The van der Waals surface area contributed by atoms with Crippen molar-refractivity contribution in [1.29, 1.82) is 0 Å². The van der Waals surface area contributed by atoms with Gasteiger partial charge >= 0.3 is 6.18 Å². The van der Waals surface area contributed by atoms with Crippen LogP contribution in [0.3, 0.4) is 0 Å². The third-order valence-electron chi connectivity index (χ3n) is 4.79. The minimum Gasteiger partial charge on any atom is -0.353 e. The van der Waals surface area contributed by atoms with E-state index in [0.29, 0.717) is 32.6 Å². The van der Waals surface area contributed by atoms with Crippen molar-refractivity contribution >= 4 is 33.3 Å². The maximum Gasteiger partial charge on any atom is 0.433 e. The van der Waals surface area contributed by atoms with Gasteiger partial charge < -0.3 is 9.80 Å². The summed E-state index contributed by atoms with van der Waals surface area (Å²) in [7, 11) is 3.90. The lowest BCUT2D eigenvalue weighted by atomic mass is 10.1. The molecule has 1 amide bonds. The molecule has 0 bridgehead atoms. The Morgan fingerprint density at radius 2 is 1.96 bits per heavy atom. The van der Waals surface area contributed by atoms with Crippen LogP contribution >= 0.6 is 21.6 Å². The van der Waals surface area contributed by atoms with Crippen LogP contribution in [-0.4, -0.2) is 58.0 Å². The third kappa shape index (κ3) is 5.91. The van der Waals surface area contributed by atoms with Gasteiger partial charge in [-0.1, -0.05) is 28.0 Å². The summed E-state index contributed by atoms with van der Waals surface area (Å²) in [5.74, 6) is 1.63. The average Bonchev–Trinajstić information content (AvgIpc) is 3.18. The van der Waals surface area contributed by atoms with E-state index in [0.717, 1.165) is 30.5 Å². The first kappa shape index (κ1) is 20.6. The number of unbranched alkanes of at least 4 members (excludes halogenated alkanes) is 1. The Morgan fingerprint density at radius 1 is 1.19 bits per heavy atom. The number of nitrogens with zero attached hydrogens (tertiary/aromatic N) is 4. The van der Waals surface area contributed by atoms with Gasteiger partial charge in [0.1, 0.15) is 17.8 Å². The highest BCUT2D eigenvalue weighted by molar-refractivity contribution is 8.77. The lowest BCUT2D eigenvalue weighted by Crippen LogP contribution is -2.49. The van der Waals surface area contributed by atoms with Gasteiger partial charge in [-0.2, -0.15) is 13.2 Å². The van der Waals surface area contributed by atoms with Crippen molar-refractivity contribution in [2.75, 3.05) is 36.8 Å². The summed E-state index contributed by atoms with van der Waals surface area (Å²) in [6, 6.07) is 0.969. The number of amides is 1. The van der Waals surface area contributed by atoms with Crippen LogP contribution in [0.15, 0.2) is 12.4 Å². The summed E-state index contributed by atoms with van der Waals surface area (Å²) < 4.78 is 38.4. The highest BCUT2D eigenvalue weighted by Gasteiger charge is 2.33. The van der Waals surface area contributed by atoms with Crippen molar-refractivity contribution in [3.63, 3.8) is 0 Å². The molecule has 3 heterocycles. The summed E-state index contributed by atoms with van der Waals surface area (Å²) in [5, 5.41) is 0.739. The normalized spacial score (nSPS) is 20.9. The predicted molar refractivity (Wildman–Crippen MR) is 103 cm³/mol. The fourth-order valence-electron chi connectivity index (χ4n) is 3.23. The molecule has 0 aliphatic carbocycles. The second-order valence-corrected chi connectivity index (χ2v) is 9.49. The van der Waals surface area contributed by atoms with E-state index >= 15 is 0 Å². The average molecular weight is 421 g/mol. The summed E-state index contributed by atoms with van der Waals surface area (Å²) in [6.45, 7) is 1.99. The van der Waals surface area contributed by atoms with Crippen LogP contribution in [0.5, 0.6) is 0 Å². The Hall–Kier alpha value is -1.16. The fourth-order valence-corrected chi connectivity index (χ4v) is 6.26. The quantitative estimate of drug-likeness (QED) is 0.515. The number of hydrogen-bond donors (Lipinski definition) is 0. The van der Waals surface area contributed by atoms with E-state index in [-0.39, 0.29) is 11.7 Å². The van der Waals surface area contributed by atoms with Crippen LogP contribution in [0, 0.1) is 0 Å². The van der Waals surface area contributed by atoms with Crippen molar-refractivity contribution in [1.82, 2.24) is 14.9 Å². The number of aromatic nitrogens is 2. The SMILES string of the molecule is O=C(CCCCC1CCSS1)N1CCN(c2cc(C(F)(F)F)ncn2)CC1. The second kappa shape index (κ2) is 9.36. The number of alkyl halides is 3. The Bertz CT molecular complexity index is 633. The fraction of sp³-hybridized carbons (Fsp3) is 0.706. The van der Waals surface area contributed by atoms with Gasteiger partial charge in [-0.25, -0.2) is 9.97 Å². The van der Waals surface area contributed by atoms with E-state index in [9.17, 15) is 18.0 Å². The summed E-state index contributed by atoms with van der Waals surface area (Å²) in [6.07, 6.45) is 1.43. The molecule has 150 valence electrons. The van der Waals surface area contributed by atoms with Gasteiger partial charge in [0.2, 0.25) is 5.91 Å². The standard InChI is InChI=1S/C17H23F3N4OS2/c18-17(19,20)14-11-15(22-12-21-14)23-6-8-24(9-7-23)16(25)4-2-1-3-13-5-10-26-27-13/h11-13H,1-10H2. The molecule has 1 aromatic rings. The summed E-state index contributed by atoms with van der Waals surface area (Å²) in [4.78, 5) is 23.2. The monoisotopic (exact) mass is 420 g/mol. The van der Waals surface area contributed by atoms with Crippen LogP contribution in [-0.2, 0) is 11.0 Å². The number of rotatable bonds is 6. The molecule has 0 radical (unpaired) electrons. The Balaban J connectivity index is 1.41. The number of anilines is 1. The topological polar surface area (TPSA) is 49.3 Å². The number of carbonyl (C=O) groups is 1. The molecule has 0 saturated carbocycles. The summed E-state index contributed by atoms with van der Waals surface area (Å²) in [5.41, 5.74) is -0.940. The van der Waals surface area contributed by atoms with Gasteiger partial charge in [0.25, 0.3) is 0 Å². The largest absolute Gasteiger partial charge is 0.433 e. The van der Waals surface area contributed by atoms with Crippen molar-refractivity contribution in [3.05, 3.63) is 18.1 Å². The van der Waals surface area contributed by atoms with Crippen LogP contribution in [0.2, 0.25) is 0 Å². The predicted octanol–water partition coefficient (Wildman–Crippen LogP) is 3.86. The van der Waals surface area contributed by atoms with Gasteiger partial charge in [-0.05, 0) is 19.3 Å². The highest BCUT2D eigenvalue weighted by atomic mass is 33.1. The molecular weight excluding hydrogens is 397 g/mol. The number of carbonyl (C=O) groups excluding carboxylic acids is 1. The molecule has 1 aromatic heterocycles. The number of piperazine rings is 1. The first-order valence-corrected chi connectivity index (χ1v) is 11.5. The van der Waals surface area contributed by atoms with Gasteiger partial charge in [-0.15, -0.1) is 0 Å². The van der Waals surface area contributed by atoms with Crippen LogP contribution < -0.4 is 4.90 Å². The highest BCUT2D eigenvalue weighted by Crippen LogP contribution is 2.39. The minimum absolute atomic E-state index is 0.141. The molecule has 10 heteroatoms.